The van der Waals surface area contributed by atoms with E-state index in [-0.39, 0.29) is 19.4 Å². The minimum atomic E-state index is -3.99. The smallest absolute Gasteiger partial charge is 0.304 e. The minimum Gasteiger partial charge on any atom is -0.370 e. The first-order valence-electron chi connectivity index (χ1n) is 5.46. The number of hydrogen-bond acceptors (Lipinski definition) is 5. The van der Waals surface area contributed by atoms with Gasteiger partial charge in [0.1, 0.15) is 0 Å². The van der Waals surface area contributed by atoms with Crippen molar-refractivity contribution >= 4 is 21.6 Å². The van der Waals surface area contributed by atoms with Crippen molar-refractivity contribution in [2.24, 2.45) is 5.73 Å². The third kappa shape index (κ3) is 4.24. The molecule has 0 radical (unpaired) electrons. The van der Waals surface area contributed by atoms with Crippen LogP contribution in [0, 0.1) is 15.9 Å². The maximum Gasteiger partial charge on any atom is 0.304 e. The lowest BCUT2D eigenvalue weighted by Crippen LogP contribution is -2.26. The molecular weight excluding hydrogens is 293 g/mol. The first-order valence-corrected chi connectivity index (χ1v) is 6.94. The maximum atomic E-state index is 13.3. The van der Waals surface area contributed by atoms with Gasteiger partial charge in [-0.1, -0.05) is 0 Å². The van der Waals surface area contributed by atoms with E-state index in [0.29, 0.717) is 6.07 Å². The van der Waals surface area contributed by atoms with E-state index in [0.717, 1.165) is 12.1 Å². The number of nitrogens with one attached hydrogen (secondary N) is 1. The van der Waals surface area contributed by atoms with E-state index >= 15 is 0 Å². The Labute approximate surface area is 114 Å². The molecule has 0 aliphatic heterocycles. The topological polar surface area (TPSA) is 132 Å². The van der Waals surface area contributed by atoms with E-state index in [1.165, 1.54) is 0 Å². The summed E-state index contributed by atoms with van der Waals surface area (Å²) in [5.41, 5.74) is 4.08. The molecule has 0 fully saturated rings. The van der Waals surface area contributed by atoms with Crippen molar-refractivity contribution in [3.05, 3.63) is 34.1 Å². The van der Waals surface area contributed by atoms with Crippen molar-refractivity contribution in [1.29, 1.82) is 0 Å². The standard InChI is InChI=1S/C10H12FN3O5S/c11-8-6-7(3-4-9(8)14(16)17)20(18,19)13-5-1-2-10(12)15/h3-4,6,13H,1-2,5H2,(H2,12,15). The van der Waals surface area contributed by atoms with Crippen LogP contribution in [0.25, 0.3) is 0 Å². The second-order valence-corrected chi connectivity index (χ2v) is 5.60. The largest absolute Gasteiger partial charge is 0.370 e. The van der Waals surface area contributed by atoms with Gasteiger partial charge in [0.05, 0.1) is 9.82 Å². The number of halogens is 1. The van der Waals surface area contributed by atoms with Crippen molar-refractivity contribution in [2.45, 2.75) is 17.7 Å². The number of benzene rings is 1. The van der Waals surface area contributed by atoms with Crippen molar-refractivity contribution in [2.75, 3.05) is 6.54 Å². The fourth-order valence-corrected chi connectivity index (χ4v) is 2.44. The first kappa shape index (κ1) is 16.0. The zero-order valence-corrected chi connectivity index (χ0v) is 11.0. The quantitative estimate of drug-likeness (QED) is 0.424. The Balaban J connectivity index is 2.80. The van der Waals surface area contributed by atoms with Crippen LogP contribution in [-0.4, -0.2) is 25.8 Å². The Morgan fingerprint density at radius 1 is 1.45 bits per heavy atom. The Morgan fingerprint density at radius 3 is 2.60 bits per heavy atom. The summed E-state index contributed by atoms with van der Waals surface area (Å²) in [5, 5.41) is 10.4. The number of nitro benzene ring substituents is 1. The fourth-order valence-electron chi connectivity index (χ4n) is 1.36. The molecule has 0 spiro atoms. The first-order chi connectivity index (χ1) is 9.24. The molecule has 3 N–H and O–H groups in total. The number of nitro groups is 1. The molecule has 0 saturated heterocycles. The van der Waals surface area contributed by atoms with Crippen molar-refractivity contribution < 1.29 is 22.5 Å². The lowest BCUT2D eigenvalue weighted by molar-refractivity contribution is -0.387. The average molecular weight is 305 g/mol. The molecule has 0 aromatic heterocycles. The molecule has 110 valence electrons. The summed E-state index contributed by atoms with van der Waals surface area (Å²) in [6, 6.07) is 2.26. The highest BCUT2D eigenvalue weighted by molar-refractivity contribution is 7.89. The number of sulfonamides is 1. The molecule has 0 heterocycles. The third-order valence-electron chi connectivity index (χ3n) is 2.32. The summed E-state index contributed by atoms with van der Waals surface area (Å²) in [7, 11) is -3.99. The molecular formula is C10H12FN3O5S. The molecule has 0 unspecified atom stereocenters. The molecule has 20 heavy (non-hydrogen) atoms. The van der Waals surface area contributed by atoms with Gasteiger partial charge in [0.15, 0.2) is 0 Å². The predicted molar refractivity (Wildman–Crippen MR) is 66.7 cm³/mol. The summed E-state index contributed by atoms with van der Waals surface area (Å²) in [4.78, 5) is 19.5. The molecule has 1 aromatic carbocycles. The zero-order chi connectivity index (χ0) is 15.3. The molecule has 1 aromatic rings. The Kier molecular flexibility index (Phi) is 5.11. The Morgan fingerprint density at radius 2 is 2.10 bits per heavy atom. The Hall–Kier alpha value is -2.07. The van der Waals surface area contributed by atoms with Gasteiger partial charge in [-0.05, 0) is 12.5 Å². The van der Waals surface area contributed by atoms with Gasteiger partial charge in [-0.3, -0.25) is 14.9 Å². The highest BCUT2D eigenvalue weighted by Gasteiger charge is 2.20. The second-order valence-electron chi connectivity index (χ2n) is 3.84. The zero-order valence-electron chi connectivity index (χ0n) is 10.2. The van der Waals surface area contributed by atoms with Crippen LogP contribution in [0.2, 0.25) is 0 Å². The van der Waals surface area contributed by atoms with Crippen LogP contribution in [0.5, 0.6) is 0 Å². The van der Waals surface area contributed by atoms with Gasteiger partial charge in [-0.2, -0.15) is 4.39 Å². The lowest BCUT2D eigenvalue weighted by atomic mass is 10.3. The van der Waals surface area contributed by atoms with Gasteiger partial charge in [0, 0.05) is 25.1 Å². The Bertz CT molecular complexity index is 632. The van der Waals surface area contributed by atoms with Crippen LogP contribution in [0.15, 0.2) is 23.1 Å². The summed E-state index contributed by atoms with van der Waals surface area (Å²) < 4.78 is 39.0. The van der Waals surface area contributed by atoms with Crippen LogP contribution in [0.4, 0.5) is 10.1 Å². The van der Waals surface area contributed by atoms with Crippen LogP contribution in [0.3, 0.4) is 0 Å². The summed E-state index contributed by atoms with van der Waals surface area (Å²) in [5.74, 6) is -1.81. The number of amides is 1. The number of hydrogen-bond donors (Lipinski definition) is 2. The molecule has 0 aliphatic carbocycles. The van der Waals surface area contributed by atoms with Crippen LogP contribution >= 0.6 is 0 Å². The maximum absolute atomic E-state index is 13.3. The second kappa shape index (κ2) is 6.39. The molecule has 1 amide bonds. The van der Waals surface area contributed by atoms with Crippen LogP contribution in [0.1, 0.15) is 12.8 Å². The lowest BCUT2D eigenvalue weighted by Gasteiger charge is -2.06. The summed E-state index contributed by atoms with van der Waals surface area (Å²) >= 11 is 0. The third-order valence-corrected chi connectivity index (χ3v) is 3.78. The molecule has 1 rings (SSSR count). The van der Waals surface area contributed by atoms with Gasteiger partial charge in [0.25, 0.3) is 0 Å². The minimum absolute atomic E-state index is 0.0111. The van der Waals surface area contributed by atoms with Gasteiger partial charge in [0.2, 0.25) is 21.7 Å². The molecule has 10 heteroatoms. The number of nitrogens with zero attached hydrogens (tertiary/aromatic N) is 1. The van der Waals surface area contributed by atoms with E-state index in [9.17, 15) is 27.7 Å². The molecule has 0 bridgehead atoms. The molecule has 0 aliphatic rings. The fraction of sp³-hybridized carbons (Fsp3) is 0.300. The number of nitrogens with two attached hydrogens (primary N) is 1. The van der Waals surface area contributed by atoms with E-state index in [4.69, 9.17) is 5.73 Å². The SMILES string of the molecule is NC(=O)CCCNS(=O)(=O)c1ccc([N+](=O)[O-])c(F)c1. The van der Waals surface area contributed by atoms with Gasteiger partial charge >= 0.3 is 5.69 Å². The van der Waals surface area contributed by atoms with E-state index in [1.54, 1.807) is 0 Å². The predicted octanol–water partition coefficient (Wildman–Crippen LogP) is 0.278. The van der Waals surface area contributed by atoms with Crippen LogP contribution < -0.4 is 10.5 Å². The number of rotatable bonds is 7. The highest BCUT2D eigenvalue weighted by Crippen LogP contribution is 2.20. The monoisotopic (exact) mass is 305 g/mol. The van der Waals surface area contributed by atoms with E-state index < -0.39 is 37.3 Å². The van der Waals surface area contributed by atoms with E-state index in [1.807, 2.05) is 0 Å². The van der Waals surface area contributed by atoms with Gasteiger partial charge < -0.3 is 5.73 Å². The highest BCUT2D eigenvalue weighted by atomic mass is 32.2. The number of carbonyl (C=O) groups excluding carboxylic acids is 1. The summed E-state index contributed by atoms with van der Waals surface area (Å²) in [6.45, 7) is -0.0517. The van der Waals surface area contributed by atoms with E-state index in [2.05, 4.69) is 4.72 Å². The number of primary amides is 1. The summed E-state index contributed by atoms with van der Waals surface area (Å²) in [6.07, 6.45) is 0.209. The normalized spacial score (nSPS) is 11.2. The van der Waals surface area contributed by atoms with Gasteiger partial charge in [-0.15, -0.1) is 0 Å². The van der Waals surface area contributed by atoms with Crippen molar-refractivity contribution in [3.8, 4) is 0 Å². The number of carbonyl (C=O) groups is 1. The molecule has 0 atom stereocenters. The van der Waals surface area contributed by atoms with Crippen molar-refractivity contribution in [3.63, 3.8) is 0 Å². The van der Waals surface area contributed by atoms with Crippen LogP contribution in [-0.2, 0) is 14.8 Å². The average Bonchev–Trinajstić information content (AvgIpc) is 2.34. The van der Waals surface area contributed by atoms with Gasteiger partial charge in [-0.25, -0.2) is 13.1 Å². The molecule has 8 nitrogen and oxygen atoms in total. The van der Waals surface area contributed by atoms with Crippen molar-refractivity contribution in [1.82, 2.24) is 4.72 Å². The molecule has 0 saturated carbocycles.